The zero-order valence-corrected chi connectivity index (χ0v) is 52.2. The highest BCUT2D eigenvalue weighted by atomic mass is 16.7. The minimum atomic E-state index is -1.34. The Morgan fingerprint density at radius 2 is 0.652 bits per heavy atom. The van der Waals surface area contributed by atoms with Gasteiger partial charge in [-0.2, -0.15) is 0 Å². The highest BCUT2D eigenvalue weighted by Crippen LogP contribution is 2.29. The van der Waals surface area contributed by atoms with Crippen molar-refractivity contribution in [2.24, 2.45) is 23.0 Å². The van der Waals surface area contributed by atoms with Crippen molar-refractivity contribution in [3.8, 4) is 0 Å². The zero-order chi connectivity index (χ0) is 65.6. The number of ether oxygens (including phenoxy) is 9. The number of amides is 6. The Morgan fingerprint density at radius 3 is 0.955 bits per heavy atom. The van der Waals surface area contributed by atoms with Crippen LogP contribution in [0.1, 0.15) is 117 Å². The Kier molecular flexibility index (Phi) is 40.4. The molecule has 3 heterocycles. The lowest BCUT2D eigenvalue weighted by atomic mass is 9.92. The van der Waals surface area contributed by atoms with Crippen LogP contribution in [0.25, 0.3) is 0 Å². The molecular formula is C58H107N7O24. The second kappa shape index (κ2) is 45.4. The average molecular weight is 1290 g/mol. The monoisotopic (exact) mass is 1290 g/mol. The van der Waals surface area contributed by atoms with Crippen molar-refractivity contribution in [1.29, 1.82) is 0 Å². The van der Waals surface area contributed by atoms with E-state index in [0.717, 1.165) is 0 Å². The van der Waals surface area contributed by atoms with Crippen molar-refractivity contribution in [3.05, 3.63) is 0 Å². The van der Waals surface area contributed by atoms with Crippen LogP contribution in [-0.2, 0) is 71.4 Å². The summed E-state index contributed by atoms with van der Waals surface area (Å²) >= 11 is 0. The van der Waals surface area contributed by atoms with Gasteiger partial charge in [-0.1, -0.05) is 20.8 Å². The fraction of sp³-hybridized carbons (Fsp3) is 0.897. The normalized spacial score (nSPS) is 27.7. The van der Waals surface area contributed by atoms with Crippen LogP contribution in [0.15, 0.2) is 0 Å². The number of aliphatic hydroxyl groups excluding tert-OH is 9. The molecule has 3 saturated heterocycles. The second-order valence-corrected chi connectivity index (χ2v) is 23.3. The van der Waals surface area contributed by atoms with E-state index in [2.05, 4.69) is 31.9 Å². The average Bonchev–Trinajstić information content (AvgIpc) is 3.38. The van der Waals surface area contributed by atoms with Crippen LogP contribution >= 0.6 is 0 Å². The summed E-state index contributed by atoms with van der Waals surface area (Å²) in [6, 6.07) is -1.00. The Labute approximate surface area is 521 Å². The first kappa shape index (κ1) is 79.3. The minimum Gasteiger partial charge on any atom is -0.394 e. The molecule has 0 aromatic rings. The Bertz CT molecular complexity index is 1770. The summed E-state index contributed by atoms with van der Waals surface area (Å²) in [7, 11) is 0. The van der Waals surface area contributed by atoms with Gasteiger partial charge in [0.05, 0.1) is 77.7 Å². The molecule has 518 valence electrons. The molecule has 31 nitrogen and oxygen atoms in total. The number of nitrogens with two attached hydrogens (primary N) is 1. The molecule has 6 amide bonds. The molecule has 0 spiro atoms. The lowest BCUT2D eigenvalue weighted by molar-refractivity contribution is -0.282. The van der Waals surface area contributed by atoms with E-state index in [-0.39, 0.29) is 133 Å². The SMILES string of the molecule is CC1C(OCCCCC(=O)NCCCNC(=O)CCOCC(C)(COCCC(=O)NCCCNC(=O)CCCCOC2OC(CO)C(O)C(O)C2C)COCCC(=O)NCCCNC(=O)CCCCOC2OC(CO)C(O)C(O)C2N)OC(CO)C(O)C1O. The summed E-state index contributed by atoms with van der Waals surface area (Å²) in [5.74, 6) is -2.26. The van der Waals surface area contributed by atoms with E-state index in [9.17, 15) is 74.7 Å². The van der Waals surface area contributed by atoms with Crippen LogP contribution in [0.5, 0.6) is 0 Å². The molecule has 0 radical (unpaired) electrons. The third-order valence-corrected chi connectivity index (χ3v) is 15.3. The third kappa shape index (κ3) is 31.5. The number of carbonyl (C=O) groups excluding carboxylic acids is 6. The highest BCUT2D eigenvalue weighted by Gasteiger charge is 2.45. The van der Waals surface area contributed by atoms with Gasteiger partial charge in [0.2, 0.25) is 35.4 Å². The Hall–Kier alpha value is -3.94. The quantitative estimate of drug-likeness (QED) is 0.0256. The van der Waals surface area contributed by atoms with E-state index in [1.54, 1.807) is 13.8 Å². The lowest BCUT2D eigenvalue weighted by Gasteiger charge is -2.40. The van der Waals surface area contributed by atoms with Crippen molar-refractivity contribution < 1.29 is 117 Å². The fourth-order valence-corrected chi connectivity index (χ4v) is 9.57. The number of hydrogen-bond acceptors (Lipinski definition) is 25. The number of unbranched alkanes of at least 4 members (excludes halogenated alkanes) is 3. The van der Waals surface area contributed by atoms with Crippen LogP contribution in [-0.4, -0.2) is 280 Å². The van der Waals surface area contributed by atoms with E-state index in [0.29, 0.717) is 97.1 Å². The number of carbonyl (C=O) groups is 6. The van der Waals surface area contributed by atoms with Crippen molar-refractivity contribution in [3.63, 3.8) is 0 Å². The number of rotatable bonds is 48. The maximum absolute atomic E-state index is 12.6. The van der Waals surface area contributed by atoms with Gasteiger partial charge >= 0.3 is 0 Å². The van der Waals surface area contributed by atoms with Crippen molar-refractivity contribution >= 4 is 35.4 Å². The molecule has 0 aromatic carbocycles. The van der Waals surface area contributed by atoms with Gasteiger partial charge in [0, 0.05) is 115 Å². The Balaban J connectivity index is 1.29. The molecule has 0 saturated carbocycles. The first-order valence-electron chi connectivity index (χ1n) is 31.5. The van der Waals surface area contributed by atoms with Gasteiger partial charge in [-0.05, 0) is 57.8 Å². The summed E-state index contributed by atoms with van der Waals surface area (Å²) in [4.78, 5) is 74.9. The highest BCUT2D eigenvalue weighted by molar-refractivity contribution is 5.78. The van der Waals surface area contributed by atoms with Gasteiger partial charge in [0.25, 0.3) is 0 Å². The zero-order valence-electron chi connectivity index (χ0n) is 52.2. The molecule has 89 heavy (non-hydrogen) atoms. The van der Waals surface area contributed by atoms with Gasteiger partial charge < -0.3 is 126 Å². The van der Waals surface area contributed by atoms with Crippen molar-refractivity contribution in [1.82, 2.24) is 31.9 Å². The maximum atomic E-state index is 12.6. The van der Waals surface area contributed by atoms with E-state index < -0.39 is 117 Å². The van der Waals surface area contributed by atoms with E-state index in [4.69, 9.17) is 48.4 Å². The van der Waals surface area contributed by atoms with E-state index >= 15 is 0 Å². The van der Waals surface area contributed by atoms with E-state index in [1.165, 1.54) is 0 Å². The summed E-state index contributed by atoms with van der Waals surface area (Å²) in [6.45, 7) is 7.05. The molecule has 3 rings (SSSR count). The molecule has 0 aromatic heterocycles. The van der Waals surface area contributed by atoms with Gasteiger partial charge in [-0.15, -0.1) is 0 Å². The Morgan fingerprint density at radius 1 is 0.382 bits per heavy atom. The number of aliphatic hydroxyl groups is 9. The van der Waals surface area contributed by atoms with E-state index in [1.807, 2.05) is 6.92 Å². The molecule has 31 heteroatoms. The summed E-state index contributed by atoms with van der Waals surface area (Å²) in [5.41, 5.74) is 5.13. The largest absolute Gasteiger partial charge is 0.394 e. The van der Waals surface area contributed by atoms with Gasteiger partial charge in [-0.3, -0.25) is 28.8 Å². The third-order valence-electron chi connectivity index (χ3n) is 15.3. The van der Waals surface area contributed by atoms with Crippen molar-refractivity contribution in [2.75, 3.05) is 119 Å². The molecule has 3 aliphatic heterocycles. The molecule has 0 bridgehead atoms. The lowest BCUT2D eigenvalue weighted by Crippen LogP contribution is -2.62. The molecule has 0 aliphatic carbocycles. The summed E-state index contributed by atoms with van der Waals surface area (Å²) in [5, 5.41) is 105. The van der Waals surface area contributed by atoms with Crippen LogP contribution in [0, 0.1) is 17.3 Å². The van der Waals surface area contributed by atoms with Gasteiger partial charge in [-0.25, -0.2) is 0 Å². The first-order chi connectivity index (χ1) is 42.6. The summed E-state index contributed by atoms with van der Waals surface area (Å²) < 4.78 is 51.2. The first-order valence-corrected chi connectivity index (χ1v) is 31.5. The number of nitrogens with one attached hydrogen (secondary N) is 6. The van der Waals surface area contributed by atoms with Crippen LogP contribution in [0.3, 0.4) is 0 Å². The van der Waals surface area contributed by atoms with Crippen LogP contribution in [0.2, 0.25) is 0 Å². The maximum Gasteiger partial charge on any atom is 0.222 e. The smallest absolute Gasteiger partial charge is 0.222 e. The fourth-order valence-electron chi connectivity index (χ4n) is 9.57. The molecule has 3 aliphatic rings. The van der Waals surface area contributed by atoms with Crippen molar-refractivity contribution in [2.45, 2.75) is 197 Å². The van der Waals surface area contributed by atoms with Crippen LogP contribution < -0.4 is 37.6 Å². The topological polar surface area (TPSA) is 466 Å². The molecular weight excluding hydrogens is 1180 g/mol. The molecule has 15 unspecified atom stereocenters. The predicted octanol–water partition coefficient (Wildman–Crippen LogP) is -4.44. The summed E-state index contributed by atoms with van der Waals surface area (Å²) in [6.07, 6.45) is -7.28. The molecule has 3 fully saturated rings. The standard InChI is InChI=1S/C58H107N7O24/c1-37-49(75)51(77)39(31-66)87-55(37)84-25-7-4-13-42(69)60-19-10-22-63-45(72)16-28-81-34-58(3,35-82-29-17-46(73)64-23-11-20-61-43(70)14-5-8-26-85-56-38(2)50(76)52(78)40(32-67)88-56)36-83-30-18-47(74)65-24-12-21-62-44(71)15-6-9-27-86-57-48(59)54(80)53(79)41(33-68)89-57/h37-41,48-57,66-68,75-80H,4-36,59H2,1-3H3,(H,60,69)(H,61,70)(H,62,71)(H,63,72)(H,64,73)(H,65,74). The predicted molar refractivity (Wildman–Crippen MR) is 315 cm³/mol. The number of hydrogen-bond donors (Lipinski definition) is 16. The van der Waals surface area contributed by atoms with Gasteiger partial charge in [0.1, 0.15) is 42.7 Å². The van der Waals surface area contributed by atoms with Crippen LogP contribution in [0.4, 0.5) is 0 Å². The minimum absolute atomic E-state index is 0.0517. The second-order valence-electron chi connectivity index (χ2n) is 23.3. The van der Waals surface area contributed by atoms with Gasteiger partial charge in [0.15, 0.2) is 18.9 Å². The molecule has 17 N–H and O–H groups in total. The molecule has 15 atom stereocenters.